The van der Waals surface area contributed by atoms with Crippen LogP contribution in [0.25, 0.3) is 10.9 Å². The molecule has 0 aliphatic rings. The van der Waals surface area contributed by atoms with Crippen LogP contribution in [0.15, 0.2) is 53.5 Å². The average molecular weight is 308 g/mol. The molecule has 2 aromatic carbocycles. The molecule has 116 valence electrons. The Labute approximate surface area is 132 Å². The molecule has 1 aromatic heterocycles. The monoisotopic (exact) mass is 308 g/mol. The van der Waals surface area contributed by atoms with Crippen LogP contribution < -0.4 is 15.5 Å². The van der Waals surface area contributed by atoms with Crippen molar-refractivity contribution in [1.82, 2.24) is 4.98 Å². The molecular weight excluding hydrogens is 292 g/mol. The van der Waals surface area contributed by atoms with Gasteiger partial charge in [0.15, 0.2) is 0 Å². The Morgan fingerprint density at radius 2 is 1.96 bits per heavy atom. The van der Waals surface area contributed by atoms with Gasteiger partial charge in [0.2, 0.25) is 5.43 Å². The van der Waals surface area contributed by atoms with E-state index in [1.165, 1.54) is 6.20 Å². The summed E-state index contributed by atoms with van der Waals surface area (Å²) in [5.41, 5.74) is 2.00. The summed E-state index contributed by atoms with van der Waals surface area (Å²) in [7, 11) is 1.58. The minimum Gasteiger partial charge on any atom is -0.497 e. The first-order valence-corrected chi connectivity index (χ1v) is 7.16. The van der Waals surface area contributed by atoms with Crippen molar-refractivity contribution in [3.63, 3.8) is 0 Å². The summed E-state index contributed by atoms with van der Waals surface area (Å²) in [5.74, 6) is 0.273. The van der Waals surface area contributed by atoms with Gasteiger partial charge in [-0.05, 0) is 42.8 Å². The number of pyridine rings is 1. The molecule has 2 N–H and O–H groups in total. The van der Waals surface area contributed by atoms with E-state index in [4.69, 9.17) is 4.74 Å². The molecule has 3 rings (SSSR count). The zero-order chi connectivity index (χ0) is 16.4. The normalized spacial score (nSPS) is 10.5. The number of hydrogen-bond donors (Lipinski definition) is 2. The van der Waals surface area contributed by atoms with Gasteiger partial charge in [-0.15, -0.1) is 0 Å². The van der Waals surface area contributed by atoms with Gasteiger partial charge in [-0.1, -0.05) is 12.1 Å². The summed E-state index contributed by atoms with van der Waals surface area (Å²) in [4.78, 5) is 27.8. The molecule has 3 aromatic rings. The fourth-order valence-electron chi connectivity index (χ4n) is 2.43. The number of rotatable bonds is 3. The van der Waals surface area contributed by atoms with E-state index in [1.54, 1.807) is 37.4 Å². The topological polar surface area (TPSA) is 71.2 Å². The number of fused-ring (bicyclic) bond motifs is 1. The number of para-hydroxylation sites is 1. The summed E-state index contributed by atoms with van der Waals surface area (Å²) in [6.45, 7) is 1.86. The van der Waals surface area contributed by atoms with E-state index >= 15 is 0 Å². The van der Waals surface area contributed by atoms with Crippen molar-refractivity contribution in [3.05, 3.63) is 70.0 Å². The summed E-state index contributed by atoms with van der Waals surface area (Å²) >= 11 is 0. The van der Waals surface area contributed by atoms with Crippen LogP contribution in [0.5, 0.6) is 5.75 Å². The molecule has 0 atom stereocenters. The number of carbonyl (C=O) groups is 1. The summed E-state index contributed by atoms with van der Waals surface area (Å²) < 4.78 is 5.14. The van der Waals surface area contributed by atoms with E-state index in [-0.39, 0.29) is 11.0 Å². The summed E-state index contributed by atoms with van der Waals surface area (Å²) in [6, 6.07) is 12.4. The van der Waals surface area contributed by atoms with Crippen molar-refractivity contribution in [3.8, 4) is 5.75 Å². The second-order valence-electron chi connectivity index (χ2n) is 5.21. The molecule has 0 spiro atoms. The number of ether oxygens (including phenoxy) is 1. The van der Waals surface area contributed by atoms with E-state index in [1.807, 2.05) is 19.1 Å². The number of nitrogens with one attached hydrogen (secondary N) is 2. The molecule has 1 heterocycles. The second-order valence-corrected chi connectivity index (χ2v) is 5.21. The number of anilines is 1. The lowest BCUT2D eigenvalue weighted by Gasteiger charge is -2.10. The molecule has 0 bridgehead atoms. The number of aryl methyl sites for hydroxylation is 1. The first kappa shape index (κ1) is 14.8. The maximum absolute atomic E-state index is 12.4. The van der Waals surface area contributed by atoms with Gasteiger partial charge in [-0.25, -0.2) is 0 Å². The molecule has 0 aliphatic carbocycles. The zero-order valence-electron chi connectivity index (χ0n) is 12.8. The molecule has 0 saturated carbocycles. The highest BCUT2D eigenvalue weighted by Crippen LogP contribution is 2.21. The number of amides is 1. The second kappa shape index (κ2) is 5.96. The van der Waals surface area contributed by atoms with Crippen LogP contribution >= 0.6 is 0 Å². The van der Waals surface area contributed by atoms with Crippen LogP contribution in [0.3, 0.4) is 0 Å². The molecule has 0 unspecified atom stereocenters. The van der Waals surface area contributed by atoms with Crippen molar-refractivity contribution in [2.75, 3.05) is 12.4 Å². The molecule has 1 amide bonds. The molecule has 0 saturated heterocycles. The van der Waals surface area contributed by atoms with Crippen LogP contribution in [0, 0.1) is 6.92 Å². The lowest BCUT2D eigenvalue weighted by Crippen LogP contribution is -2.22. The number of aromatic nitrogens is 1. The van der Waals surface area contributed by atoms with Crippen molar-refractivity contribution < 1.29 is 9.53 Å². The van der Waals surface area contributed by atoms with E-state index in [0.29, 0.717) is 22.3 Å². The van der Waals surface area contributed by atoms with Gasteiger partial charge >= 0.3 is 0 Å². The van der Waals surface area contributed by atoms with E-state index in [0.717, 1.165) is 5.56 Å². The van der Waals surface area contributed by atoms with Crippen molar-refractivity contribution in [2.45, 2.75) is 6.92 Å². The van der Waals surface area contributed by atoms with Crippen LogP contribution in [0.2, 0.25) is 0 Å². The number of hydrogen-bond acceptors (Lipinski definition) is 3. The van der Waals surface area contributed by atoms with E-state index in [2.05, 4.69) is 10.3 Å². The Morgan fingerprint density at radius 3 is 2.70 bits per heavy atom. The van der Waals surface area contributed by atoms with Gasteiger partial charge in [0.1, 0.15) is 11.3 Å². The Hall–Kier alpha value is -3.08. The van der Waals surface area contributed by atoms with Crippen LogP contribution in [0.4, 0.5) is 5.69 Å². The Morgan fingerprint density at radius 1 is 1.17 bits per heavy atom. The summed E-state index contributed by atoms with van der Waals surface area (Å²) in [5, 5.41) is 3.26. The third-order valence-electron chi connectivity index (χ3n) is 3.71. The highest BCUT2D eigenvalue weighted by atomic mass is 16.5. The van der Waals surface area contributed by atoms with Gasteiger partial charge in [0, 0.05) is 22.8 Å². The highest BCUT2D eigenvalue weighted by Gasteiger charge is 2.14. The van der Waals surface area contributed by atoms with Crippen LogP contribution in [-0.4, -0.2) is 18.0 Å². The number of H-pyrrole nitrogens is 1. The lowest BCUT2D eigenvalue weighted by molar-refractivity contribution is 0.102. The van der Waals surface area contributed by atoms with E-state index in [9.17, 15) is 9.59 Å². The van der Waals surface area contributed by atoms with Crippen LogP contribution in [-0.2, 0) is 0 Å². The van der Waals surface area contributed by atoms with Crippen molar-refractivity contribution in [1.29, 1.82) is 0 Å². The largest absolute Gasteiger partial charge is 0.497 e. The maximum atomic E-state index is 12.4. The standard InChI is InChI=1S/C18H16N2O3/c1-11-9-12(23-2)7-8-15(11)20-18(22)14-10-19-16-6-4-3-5-13(16)17(14)21/h3-10H,1-2H3,(H,19,21)(H,20,22). The molecule has 0 aliphatic heterocycles. The Bertz CT molecular complexity index is 944. The molecule has 5 nitrogen and oxygen atoms in total. The average Bonchev–Trinajstić information content (AvgIpc) is 2.57. The number of aromatic amines is 1. The quantitative estimate of drug-likeness (QED) is 0.781. The van der Waals surface area contributed by atoms with Crippen molar-refractivity contribution in [2.24, 2.45) is 0 Å². The minimum atomic E-state index is -0.440. The van der Waals surface area contributed by atoms with Gasteiger partial charge < -0.3 is 15.0 Å². The predicted molar refractivity (Wildman–Crippen MR) is 90.3 cm³/mol. The van der Waals surface area contributed by atoms with Gasteiger partial charge in [-0.3, -0.25) is 9.59 Å². The first-order chi connectivity index (χ1) is 11.1. The fraction of sp³-hybridized carbons (Fsp3) is 0.111. The fourth-order valence-corrected chi connectivity index (χ4v) is 2.43. The zero-order valence-corrected chi connectivity index (χ0v) is 12.8. The molecule has 23 heavy (non-hydrogen) atoms. The third-order valence-corrected chi connectivity index (χ3v) is 3.71. The Balaban J connectivity index is 1.95. The van der Waals surface area contributed by atoms with Gasteiger partial charge in [0.25, 0.3) is 5.91 Å². The molecular formula is C18H16N2O3. The molecule has 0 fully saturated rings. The first-order valence-electron chi connectivity index (χ1n) is 7.16. The van der Waals surface area contributed by atoms with E-state index < -0.39 is 5.91 Å². The molecule has 5 heteroatoms. The predicted octanol–water partition coefficient (Wildman–Crippen LogP) is 3.10. The number of carbonyl (C=O) groups excluding carboxylic acids is 1. The SMILES string of the molecule is COc1ccc(NC(=O)c2c[nH]c3ccccc3c2=O)c(C)c1. The van der Waals surface area contributed by atoms with Gasteiger partial charge in [0.05, 0.1) is 7.11 Å². The third kappa shape index (κ3) is 2.81. The number of benzene rings is 2. The van der Waals surface area contributed by atoms with Crippen LogP contribution in [0.1, 0.15) is 15.9 Å². The lowest BCUT2D eigenvalue weighted by atomic mass is 10.1. The van der Waals surface area contributed by atoms with Gasteiger partial charge in [-0.2, -0.15) is 0 Å². The minimum absolute atomic E-state index is 0.0823. The smallest absolute Gasteiger partial charge is 0.261 e. The highest BCUT2D eigenvalue weighted by molar-refractivity contribution is 6.06. The number of methoxy groups -OCH3 is 1. The molecule has 0 radical (unpaired) electrons. The van der Waals surface area contributed by atoms with Crippen molar-refractivity contribution >= 4 is 22.5 Å². The Kier molecular flexibility index (Phi) is 3.85. The maximum Gasteiger partial charge on any atom is 0.261 e. The summed E-state index contributed by atoms with van der Waals surface area (Å²) in [6.07, 6.45) is 1.44.